The summed E-state index contributed by atoms with van der Waals surface area (Å²) in [6, 6.07) is 0.279. The van der Waals surface area contributed by atoms with Gasteiger partial charge in [0.05, 0.1) is 6.61 Å². The summed E-state index contributed by atoms with van der Waals surface area (Å²) in [6.45, 7) is 3.25. The SMILES string of the molecule is CCOC(=O)N1CCCC1CCCO. The Morgan fingerprint density at radius 3 is 3.07 bits per heavy atom. The van der Waals surface area contributed by atoms with Gasteiger partial charge in [0.1, 0.15) is 0 Å². The van der Waals surface area contributed by atoms with E-state index in [4.69, 9.17) is 9.84 Å². The average Bonchev–Trinajstić information content (AvgIpc) is 2.63. The van der Waals surface area contributed by atoms with Gasteiger partial charge < -0.3 is 14.7 Å². The molecule has 14 heavy (non-hydrogen) atoms. The second kappa shape index (κ2) is 5.86. The molecular formula is C10H19NO3. The third kappa shape index (κ3) is 2.87. The highest BCUT2D eigenvalue weighted by molar-refractivity contribution is 5.68. The second-order valence-corrected chi connectivity index (χ2v) is 3.55. The molecule has 0 aromatic heterocycles. The second-order valence-electron chi connectivity index (χ2n) is 3.55. The van der Waals surface area contributed by atoms with E-state index in [1.165, 1.54) is 0 Å². The van der Waals surface area contributed by atoms with Crippen molar-refractivity contribution in [2.24, 2.45) is 0 Å². The number of aliphatic hydroxyl groups is 1. The number of amides is 1. The first-order valence-corrected chi connectivity index (χ1v) is 5.33. The van der Waals surface area contributed by atoms with E-state index in [0.29, 0.717) is 6.61 Å². The van der Waals surface area contributed by atoms with Crippen molar-refractivity contribution in [1.29, 1.82) is 0 Å². The summed E-state index contributed by atoms with van der Waals surface area (Å²) in [7, 11) is 0. The summed E-state index contributed by atoms with van der Waals surface area (Å²) in [5.74, 6) is 0. The van der Waals surface area contributed by atoms with Crippen molar-refractivity contribution in [3.05, 3.63) is 0 Å². The Bertz CT molecular complexity index is 184. The standard InChI is InChI=1S/C10H19NO3/c1-2-14-10(13)11-7-3-5-9(11)6-4-8-12/h9,12H,2-8H2,1H3. The highest BCUT2D eigenvalue weighted by atomic mass is 16.6. The topological polar surface area (TPSA) is 49.8 Å². The lowest BCUT2D eigenvalue weighted by Gasteiger charge is -2.23. The van der Waals surface area contributed by atoms with Crippen LogP contribution >= 0.6 is 0 Å². The van der Waals surface area contributed by atoms with Crippen molar-refractivity contribution in [1.82, 2.24) is 4.90 Å². The molecular weight excluding hydrogens is 182 g/mol. The molecule has 1 rings (SSSR count). The quantitative estimate of drug-likeness (QED) is 0.747. The number of ether oxygens (including phenoxy) is 1. The Morgan fingerprint density at radius 1 is 1.64 bits per heavy atom. The molecule has 0 saturated carbocycles. The average molecular weight is 201 g/mol. The number of hydrogen-bond donors (Lipinski definition) is 1. The Labute approximate surface area is 84.8 Å². The number of carbonyl (C=O) groups excluding carboxylic acids is 1. The minimum atomic E-state index is -0.201. The van der Waals surface area contributed by atoms with E-state index in [1.54, 1.807) is 4.90 Å². The predicted octanol–water partition coefficient (Wildman–Crippen LogP) is 1.38. The number of nitrogens with zero attached hydrogens (tertiary/aromatic N) is 1. The fourth-order valence-corrected chi connectivity index (χ4v) is 1.91. The molecule has 1 saturated heterocycles. The van der Waals surface area contributed by atoms with Crippen LogP contribution in [-0.2, 0) is 4.74 Å². The minimum absolute atomic E-state index is 0.201. The first kappa shape index (κ1) is 11.3. The fraction of sp³-hybridized carbons (Fsp3) is 0.900. The summed E-state index contributed by atoms with van der Waals surface area (Å²) in [4.78, 5) is 13.3. The number of rotatable bonds is 4. The van der Waals surface area contributed by atoms with Gasteiger partial charge >= 0.3 is 6.09 Å². The van der Waals surface area contributed by atoms with Gasteiger partial charge in [-0.25, -0.2) is 4.79 Å². The zero-order chi connectivity index (χ0) is 10.4. The van der Waals surface area contributed by atoms with Crippen LogP contribution in [0.5, 0.6) is 0 Å². The van der Waals surface area contributed by atoms with Crippen molar-refractivity contribution in [2.45, 2.75) is 38.6 Å². The first-order valence-electron chi connectivity index (χ1n) is 5.33. The zero-order valence-electron chi connectivity index (χ0n) is 8.74. The van der Waals surface area contributed by atoms with Gasteiger partial charge in [-0.2, -0.15) is 0 Å². The fourth-order valence-electron chi connectivity index (χ4n) is 1.91. The number of carbonyl (C=O) groups is 1. The molecule has 1 N–H and O–H groups in total. The van der Waals surface area contributed by atoms with Crippen LogP contribution in [0.25, 0.3) is 0 Å². The van der Waals surface area contributed by atoms with Crippen molar-refractivity contribution in [3.8, 4) is 0 Å². The highest BCUT2D eigenvalue weighted by Gasteiger charge is 2.28. The smallest absolute Gasteiger partial charge is 0.409 e. The van der Waals surface area contributed by atoms with Crippen LogP contribution in [0, 0.1) is 0 Å². The van der Waals surface area contributed by atoms with Gasteiger partial charge in [0, 0.05) is 19.2 Å². The molecule has 1 aliphatic rings. The Hall–Kier alpha value is -0.770. The Morgan fingerprint density at radius 2 is 2.43 bits per heavy atom. The third-order valence-corrected chi connectivity index (χ3v) is 2.57. The molecule has 1 amide bonds. The van der Waals surface area contributed by atoms with Gasteiger partial charge in [0.2, 0.25) is 0 Å². The van der Waals surface area contributed by atoms with Gasteiger partial charge in [-0.3, -0.25) is 0 Å². The van der Waals surface area contributed by atoms with Crippen molar-refractivity contribution in [3.63, 3.8) is 0 Å². The molecule has 0 aromatic rings. The van der Waals surface area contributed by atoms with Crippen molar-refractivity contribution < 1.29 is 14.6 Å². The van der Waals surface area contributed by atoms with Crippen LogP contribution in [0.4, 0.5) is 4.79 Å². The van der Waals surface area contributed by atoms with Gasteiger partial charge in [-0.05, 0) is 32.6 Å². The molecule has 1 atom stereocenters. The molecule has 0 bridgehead atoms. The lowest BCUT2D eigenvalue weighted by Crippen LogP contribution is -2.36. The maximum absolute atomic E-state index is 11.5. The number of hydrogen-bond acceptors (Lipinski definition) is 3. The van der Waals surface area contributed by atoms with E-state index in [-0.39, 0.29) is 18.7 Å². The maximum Gasteiger partial charge on any atom is 0.409 e. The Balaban J connectivity index is 2.38. The molecule has 0 aromatic carbocycles. The van der Waals surface area contributed by atoms with E-state index >= 15 is 0 Å². The van der Waals surface area contributed by atoms with Crippen molar-refractivity contribution in [2.75, 3.05) is 19.8 Å². The van der Waals surface area contributed by atoms with Crippen LogP contribution in [0.3, 0.4) is 0 Å². The van der Waals surface area contributed by atoms with Crippen LogP contribution in [0.1, 0.15) is 32.6 Å². The minimum Gasteiger partial charge on any atom is -0.450 e. The maximum atomic E-state index is 11.5. The molecule has 0 aliphatic carbocycles. The van der Waals surface area contributed by atoms with E-state index in [2.05, 4.69) is 0 Å². The lowest BCUT2D eigenvalue weighted by atomic mass is 10.1. The van der Waals surface area contributed by atoms with Crippen LogP contribution in [0.15, 0.2) is 0 Å². The number of likely N-dealkylation sites (tertiary alicyclic amines) is 1. The van der Waals surface area contributed by atoms with Crippen LogP contribution in [0.2, 0.25) is 0 Å². The molecule has 0 radical (unpaired) electrons. The molecule has 1 unspecified atom stereocenters. The van der Waals surface area contributed by atoms with E-state index in [1.807, 2.05) is 6.92 Å². The highest BCUT2D eigenvalue weighted by Crippen LogP contribution is 2.21. The molecule has 4 heteroatoms. The lowest BCUT2D eigenvalue weighted by molar-refractivity contribution is 0.0997. The van der Waals surface area contributed by atoms with Gasteiger partial charge in [-0.1, -0.05) is 0 Å². The molecule has 82 valence electrons. The predicted molar refractivity (Wildman–Crippen MR) is 53.1 cm³/mol. The largest absolute Gasteiger partial charge is 0.450 e. The molecule has 1 heterocycles. The summed E-state index contributed by atoms with van der Waals surface area (Å²) in [5, 5.41) is 8.72. The third-order valence-electron chi connectivity index (χ3n) is 2.57. The molecule has 1 aliphatic heterocycles. The summed E-state index contributed by atoms with van der Waals surface area (Å²) >= 11 is 0. The normalized spacial score (nSPS) is 21.3. The first-order chi connectivity index (χ1) is 6.79. The van der Waals surface area contributed by atoms with E-state index < -0.39 is 0 Å². The van der Waals surface area contributed by atoms with Gasteiger partial charge in [0.25, 0.3) is 0 Å². The van der Waals surface area contributed by atoms with Gasteiger partial charge in [-0.15, -0.1) is 0 Å². The van der Waals surface area contributed by atoms with Crippen molar-refractivity contribution >= 4 is 6.09 Å². The van der Waals surface area contributed by atoms with Crippen LogP contribution < -0.4 is 0 Å². The molecule has 1 fully saturated rings. The van der Waals surface area contributed by atoms with Gasteiger partial charge in [0.15, 0.2) is 0 Å². The zero-order valence-corrected chi connectivity index (χ0v) is 8.74. The molecule has 4 nitrogen and oxygen atoms in total. The number of aliphatic hydroxyl groups excluding tert-OH is 1. The van der Waals surface area contributed by atoms with Crippen LogP contribution in [-0.4, -0.2) is 41.9 Å². The monoisotopic (exact) mass is 201 g/mol. The summed E-state index contributed by atoms with van der Waals surface area (Å²) in [6.07, 6.45) is 3.54. The van der Waals surface area contributed by atoms with E-state index in [9.17, 15) is 4.79 Å². The summed E-state index contributed by atoms with van der Waals surface area (Å²) < 4.78 is 4.96. The van der Waals surface area contributed by atoms with E-state index in [0.717, 1.165) is 32.2 Å². The Kier molecular flexibility index (Phi) is 4.73. The summed E-state index contributed by atoms with van der Waals surface area (Å²) in [5.41, 5.74) is 0. The molecule has 0 spiro atoms.